The molecular formula is C15H8Cl2FN3. The molecule has 0 bridgehead atoms. The summed E-state index contributed by atoms with van der Waals surface area (Å²) < 4.78 is 13.0. The van der Waals surface area contributed by atoms with Crippen molar-refractivity contribution < 1.29 is 4.39 Å². The second kappa shape index (κ2) is 5.76. The van der Waals surface area contributed by atoms with Crippen molar-refractivity contribution in [3.8, 4) is 22.6 Å². The monoisotopic (exact) mass is 319 g/mol. The van der Waals surface area contributed by atoms with Gasteiger partial charge in [-0.15, -0.1) is 0 Å². The summed E-state index contributed by atoms with van der Waals surface area (Å²) >= 11 is 12.4. The summed E-state index contributed by atoms with van der Waals surface area (Å²) in [5, 5.41) is 0.393. The maximum Gasteiger partial charge on any atom is 0.181 e. The van der Waals surface area contributed by atoms with Gasteiger partial charge in [0.05, 0.1) is 5.56 Å². The first kappa shape index (κ1) is 13.9. The Hall–Kier alpha value is -2.04. The summed E-state index contributed by atoms with van der Waals surface area (Å²) in [5.74, 6) is 0.00785. The number of hydrogen-bond donors (Lipinski definition) is 0. The molecule has 0 unspecified atom stereocenters. The Bertz CT molecular complexity index is 754. The molecule has 0 atom stereocenters. The number of halogens is 3. The molecule has 104 valence electrons. The minimum absolute atomic E-state index is 0.197. The first-order valence-corrected chi connectivity index (χ1v) is 6.81. The molecule has 0 saturated carbocycles. The molecule has 2 aromatic heterocycles. The molecule has 0 spiro atoms. The van der Waals surface area contributed by atoms with Gasteiger partial charge in [-0.1, -0.05) is 41.4 Å². The molecule has 0 saturated heterocycles. The second-order valence-electron chi connectivity index (χ2n) is 4.23. The van der Waals surface area contributed by atoms with Gasteiger partial charge < -0.3 is 0 Å². The third-order valence-electron chi connectivity index (χ3n) is 2.85. The molecule has 2 heterocycles. The van der Waals surface area contributed by atoms with Crippen LogP contribution in [0.25, 0.3) is 22.6 Å². The van der Waals surface area contributed by atoms with Gasteiger partial charge in [0.1, 0.15) is 21.8 Å². The molecule has 0 aliphatic rings. The first-order valence-electron chi connectivity index (χ1n) is 6.05. The van der Waals surface area contributed by atoms with Crippen LogP contribution in [0.4, 0.5) is 4.39 Å². The van der Waals surface area contributed by atoms with E-state index in [2.05, 4.69) is 15.0 Å². The zero-order chi connectivity index (χ0) is 14.8. The van der Waals surface area contributed by atoms with Crippen LogP contribution in [0.1, 0.15) is 0 Å². The lowest BCUT2D eigenvalue weighted by molar-refractivity contribution is 0.628. The third kappa shape index (κ3) is 2.86. The van der Waals surface area contributed by atoms with Gasteiger partial charge in [-0.05, 0) is 29.8 Å². The van der Waals surface area contributed by atoms with Crippen molar-refractivity contribution in [2.24, 2.45) is 0 Å². The van der Waals surface area contributed by atoms with E-state index in [9.17, 15) is 4.39 Å². The van der Waals surface area contributed by atoms with E-state index in [0.29, 0.717) is 22.6 Å². The quantitative estimate of drug-likeness (QED) is 0.645. The molecular weight excluding hydrogens is 312 g/mol. The highest BCUT2D eigenvalue weighted by molar-refractivity contribution is 6.37. The van der Waals surface area contributed by atoms with Crippen LogP contribution in [0.2, 0.25) is 10.3 Å². The number of rotatable bonds is 2. The number of aromatic nitrogens is 3. The first-order chi connectivity index (χ1) is 10.1. The van der Waals surface area contributed by atoms with Crippen molar-refractivity contribution in [3.63, 3.8) is 0 Å². The van der Waals surface area contributed by atoms with Crippen LogP contribution in [0.15, 0.2) is 48.7 Å². The van der Waals surface area contributed by atoms with Crippen LogP contribution >= 0.6 is 23.2 Å². The number of nitrogens with zero attached hydrogens (tertiary/aromatic N) is 3. The van der Waals surface area contributed by atoms with Crippen LogP contribution in [0.3, 0.4) is 0 Å². The Labute approximate surface area is 130 Å². The van der Waals surface area contributed by atoms with Gasteiger partial charge in [0.25, 0.3) is 0 Å². The lowest BCUT2D eigenvalue weighted by atomic mass is 10.1. The van der Waals surface area contributed by atoms with Crippen molar-refractivity contribution in [1.82, 2.24) is 15.0 Å². The number of hydrogen-bond acceptors (Lipinski definition) is 3. The zero-order valence-electron chi connectivity index (χ0n) is 10.6. The Kier molecular flexibility index (Phi) is 3.82. The minimum Gasteiger partial charge on any atom is -0.253 e. The normalized spacial score (nSPS) is 10.6. The molecule has 6 heteroatoms. The van der Waals surface area contributed by atoms with Crippen molar-refractivity contribution in [1.29, 1.82) is 0 Å². The van der Waals surface area contributed by atoms with Gasteiger partial charge in [0.2, 0.25) is 0 Å². The molecule has 21 heavy (non-hydrogen) atoms. The highest BCUT2D eigenvalue weighted by Crippen LogP contribution is 2.33. The van der Waals surface area contributed by atoms with Crippen LogP contribution in [0, 0.1) is 5.82 Å². The third-order valence-corrected chi connectivity index (χ3v) is 3.39. The van der Waals surface area contributed by atoms with Crippen molar-refractivity contribution in [3.05, 3.63) is 64.8 Å². The lowest BCUT2D eigenvalue weighted by Gasteiger charge is -2.08. The van der Waals surface area contributed by atoms with E-state index >= 15 is 0 Å². The molecule has 3 nitrogen and oxygen atoms in total. The summed E-state index contributed by atoms with van der Waals surface area (Å²) in [6.45, 7) is 0. The fourth-order valence-corrected chi connectivity index (χ4v) is 2.48. The van der Waals surface area contributed by atoms with E-state index in [1.165, 1.54) is 12.1 Å². The highest BCUT2D eigenvalue weighted by atomic mass is 35.5. The Morgan fingerprint density at radius 1 is 0.857 bits per heavy atom. The number of benzene rings is 1. The Morgan fingerprint density at radius 3 is 2.10 bits per heavy atom. The molecule has 0 amide bonds. The molecule has 3 aromatic rings. The van der Waals surface area contributed by atoms with Gasteiger partial charge in [0, 0.05) is 6.20 Å². The molecule has 1 aromatic carbocycles. The minimum atomic E-state index is -0.336. The number of pyridine rings is 1. The van der Waals surface area contributed by atoms with E-state index in [0.717, 1.165) is 0 Å². The van der Waals surface area contributed by atoms with E-state index in [4.69, 9.17) is 23.2 Å². The molecule has 0 aliphatic heterocycles. The summed E-state index contributed by atoms with van der Waals surface area (Å²) in [7, 11) is 0. The summed E-state index contributed by atoms with van der Waals surface area (Å²) in [4.78, 5) is 12.6. The van der Waals surface area contributed by atoms with E-state index in [-0.39, 0.29) is 16.1 Å². The molecule has 0 N–H and O–H groups in total. The van der Waals surface area contributed by atoms with Crippen LogP contribution in [0.5, 0.6) is 0 Å². The Morgan fingerprint density at radius 2 is 1.52 bits per heavy atom. The average Bonchev–Trinajstić information content (AvgIpc) is 2.49. The van der Waals surface area contributed by atoms with Gasteiger partial charge in [0.15, 0.2) is 5.82 Å². The summed E-state index contributed by atoms with van der Waals surface area (Å²) in [6, 6.07) is 11.2. The van der Waals surface area contributed by atoms with Crippen LogP contribution < -0.4 is 0 Å². The highest BCUT2D eigenvalue weighted by Gasteiger charge is 2.15. The van der Waals surface area contributed by atoms with Crippen molar-refractivity contribution >= 4 is 23.2 Å². The van der Waals surface area contributed by atoms with Gasteiger partial charge in [-0.3, -0.25) is 4.98 Å². The summed E-state index contributed by atoms with van der Waals surface area (Å²) in [6.07, 6.45) is 1.63. The fourth-order valence-electron chi connectivity index (χ4n) is 1.87. The second-order valence-corrected chi connectivity index (χ2v) is 4.94. The predicted molar refractivity (Wildman–Crippen MR) is 80.7 cm³/mol. The maximum atomic E-state index is 13.0. The maximum absolute atomic E-state index is 13.0. The lowest BCUT2D eigenvalue weighted by Crippen LogP contribution is -1.96. The average molecular weight is 320 g/mol. The molecule has 0 radical (unpaired) electrons. The van der Waals surface area contributed by atoms with E-state index in [1.54, 1.807) is 30.5 Å². The molecule has 0 fully saturated rings. The van der Waals surface area contributed by atoms with Crippen molar-refractivity contribution in [2.75, 3.05) is 0 Å². The van der Waals surface area contributed by atoms with Gasteiger partial charge >= 0.3 is 0 Å². The van der Waals surface area contributed by atoms with Crippen LogP contribution in [-0.4, -0.2) is 15.0 Å². The van der Waals surface area contributed by atoms with E-state index in [1.807, 2.05) is 6.07 Å². The standard InChI is InChI=1S/C15H8Cl2FN3/c16-13-12(9-4-6-10(18)7-5-9)14(17)21-15(20-13)11-3-1-2-8-19-11/h1-8H. The molecule has 3 rings (SSSR count). The SMILES string of the molecule is Fc1ccc(-c2c(Cl)nc(-c3ccccn3)nc2Cl)cc1. The fraction of sp³-hybridized carbons (Fsp3) is 0. The molecule has 0 aliphatic carbocycles. The predicted octanol–water partition coefficient (Wildman–Crippen LogP) is 4.65. The smallest absolute Gasteiger partial charge is 0.181 e. The zero-order valence-corrected chi connectivity index (χ0v) is 12.1. The topological polar surface area (TPSA) is 38.7 Å². The Balaban J connectivity index is 2.11. The van der Waals surface area contributed by atoms with Gasteiger partial charge in [-0.25, -0.2) is 14.4 Å². The largest absolute Gasteiger partial charge is 0.253 e. The van der Waals surface area contributed by atoms with Crippen molar-refractivity contribution in [2.45, 2.75) is 0 Å². The van der Waals surface area contributed by atoms with E-state index < -0.39 is 0 Å². The van der Waals surface area contributed by atoms with Gasteiger partial charge in [-0.2, -0.15) is 0 Å². The van der Waals surface area contributed by atoms with Crippen LogP contribution in [-0.2, 0) is 0 Å². The summed E-state index contributed by atoms with van der Waals surface area (Å²) in [5.41, 5.74) is 1.70.